The monoisotopic (exact) mass is 311 g/mol. The maximum absolute atomic E-state index is 11.9. The smallest absolute Gasteiger partial charge is 0.269 e. The van der Waals surface area contributed by atoms with E-state index in [0.29, 0.717) is 18.8 Å². The van der Waals surface area contributed by atoms with Gasteiger partial charge in [0.05, 0.1) is 12.7 Å². The van der Waals surface area contributed by atoms with Crippen LogP contribution in [-0.2, 0) is 4.74 Å². The van der Waals surface area contributed by atoms with Crippen LogP contribution in [0.25, 0.3) is 0 Å². The van der Waals surface area contributed by atoms with Gasteiger partial charge < -0.3 is 15.0 Å². The van der Waals surface area contributed by atoms with Crippen LogP contribution in [0.3, 0.4) is 0 Å². The van der Waals surface area contributed by atoms with E-state index in [1.165, 1.54) is 5.69 Å². The number of rotatable bonds is 5. The topological polar surface area (TPSA) is 54.5 Å². The summed E-state index contributed by atoms with van der Waals surface area (Å²) in [6.45, 7) is 3.06. The van der Waals surface area contributed by atoms with Gasteiger partial charge in [0, 0.05) is 31.5 Å². The number of nitrogens with zero attached hydrogens (tertiary/aromatic N) is 2. The van der Waals surface area contributed by atoms with E-state index in [1.807, 2.05) is 24.3 Å². The molecule has 0 radical (unpaired) electrons. The summed E-state index contributed by atoms with van der Waals surface area (Å²) in [5.41, 5.74) is 1.67. The third kappa shape index (κ3) is 4.29. The number of para-hydroxylation sites is 1. The fourth-order valence-corrected chi connectivity index (χ4v) is 2.70. The largest absolute Gasteiger partial charge is 0.374 e. The van der Waals surface area contributed by atoms with Crippen LogP contribution in [0, 0.1) is 0 Å². The molecule has 1 aliphatic heterocycles. The first kappa shape index (κ1) is 15.5. The van der Waals surface area contributed by atoms with Crippen LogP contribution < -0.4 is 10.2 Å². The molecule has 3 rings (SSSR count). The van der Waals surface area contributed by atoms with Crippen molar-refractivity contribution < 1.29 is 9.53 Å². The Morgan fingerprint density at radius 3 is 2.83 bits per heavy atom. The first-order chi connectivity index (χ1) is 11.3. The highest BCUT2D eigenvalue weighted by Crippen LogP contribution is 2.18. The maximum atomic E-state index is 11.9. The van der Waals surface area contributed by atoms with Gasteiger partial charge in [-0.3, -0.25) is 9.78 Å². The molecule has 1 saturated heterocycles. The molecule has 1 amide bonds. The number of hydrogen-bond acceptors (Lipinski definition) is 4. The fourth-order valence-electron chi connectivity index (χ4n) is 2.70. The average Bonchev–Trinajstić information content (AvgIpc) is 2.63. The lowest BCUT2D eigenvalue weighted by Gasteiger charge is -2.34. The molecule has 1 aliphatic rings. The summed E-state index contributed by atoms with van der Waals surface area (Å²) in [6.07, 6.45) is 2.55. The average molecular weight is 311 g/mol. The van der Waals surface area contributed by atoms with Gasteiger partial charge in [0.15, 0.2) is 0 Å². The number of hydrogen-bond donors (Lipinski definition) is 1. The standard InChI is InChI=1S/C18H21N3O2/c22-18(17-8-4-5-10-19-17)20-11-9-16-14-21(12-13-23-16)15-6-2-1-3-7-15/h1-8,10,16H,9,11-14H2,(H,20,22). The predicted molar refractivity (Wildman–Crippen MR) is 89.6 cm³/mol. The van der Waals surface area contributed by atoms with Gasteiger partial charge in [-0.2, -0.15) is 0 Å². The molecular weight excluding hydrogens is 290 g/mol. The minimum absolute atomic E-state index is 0.132. The second-order valence-corrected chi connectivity index (χ2v) is 5.53. The molecule has 1 aromatic carbocycles. The summed E-state index contributed by atoms with van der Waals surface area (Å²) in [4.78, 5) is 18.3. The van der Waals surface area contributed by atoms with Gasteiger partial charge in [0.25, 0.3) is 5.91 Å². The Balaban J connectivity index is 1.46. The number of carbonyl (C=O) groups is 1. The Bertz CT molecular complexity index is 619. The number of benzene rings is 1. The van der Waals surface area contributed by atoms with Crippen LogP contribution in [0.5, 0.6) is 0 Å². The van der Waals surface area contributed by atoms with Gasteiger partial charge in [-0.25, -0.2) is 0 Å². The van der Waals surface area contributed by atoms with Crippen molar-refractivity contribution >= 4 is 11.6 Å². The molecule has 1 unspecified atom stereocenters. The number of aromatic nitrogens is 1. The van der Waals surface area contributed by atoms with E-state index < -0.39 is 0 Å². The minimum atomic E-state index is -0.138. The van der Waals surface area contributed by atoms with Crippen LogP contribution in [-0.4, -0.2) is 43.2 Å². The first-order valence-corrected chi connectivity index (χ1v) is 7.94. The van der Waals surface area contributed by atoms with E-state index >= 15 is 0 Å². The van der Waals surface area contributed by atoms with E-state index in [0.717, 1.165) is 19.5 Å². The van der Waals surface area contributed by atoms with E-state index in [4.69, 9.17) is 4.74 Å². The van der Waals surface area contributed by atoms with E-state index in [-0.39, 0.29) is 12.0 Å². The lowest BCUT2D eigenvalue weighted by molar-refractivity contribution is 0.0353. The zero-order valence-electron chi connectivity index (χ0n) is 13.0. The van der Waals surface area contributed by atoms with Crippen molar-refractivity contribution in [1.82, 2.24) is 10.3 Å². The molecule has 5 nitrogen and oxygen atoms in total. The fraction of sp³-hybridized carbons (Fsp3) is 0.333. The van der Waals surface area contributed by atoms with Crippen molar-refractivity contribution in [3.8, 4) is 0 Å². The molecule has 2 aromatic rings. The van der Waals surface area contributed by atoms with Crippen molar-refractivity contribution in [2.75, 3.05) is 31.1 Å². The molecule has 5 heteroatoms. The molecule has 1 N–H and O–H groups in total. The third-order valence-electron chi connectivity index (χ3n) is 3.91. The van der Waals surface area contributed by atoms with Crippen molar-refractivity contribution in [3.63, 3.8) is 0 Å². The van der Waals surface area contributed by atoms with Crippen molar-refractivity contribution in [1.29, 1.82) is 0 Å². The summed E-state index contributed by atoms with van der Waals surface area (Å²) in [6, 6.07) is 15.7. The Kier molecular flexibility index (Phi) is 5.21. The summed E-state index contributed by atoms with van der Waals surface area (Å²) in [5, 5.41) is 2.90. The van der Waals surface area contributed by atoms with Gasteiger partial charge in [0.1, 0.15) is 5.69 Å². The summed E-state index contributed by atoms with van der Waals surface area (Å²) >= 11 is 0. The normalized spacial score (nSPS) is 17.7. The number of morpholine rings is 1. The minimum Gasteiger partial charge on any atom is -0.374 e. The van der Waals surface area contributed by atoms with Gasteiger partial charge >= 0.3 is 0 Å². The number of anilines is 1. The van der Waals surface area contributed by atoms with Gasteiger partial charge in [-0.15, -0.1) is 0 Å². The van der Waals surface area contributed by atoms with E-state index in [9.17, 15) is 4.79 Å². The Morgan fingerprint density at radius 1 is 1.22 bits per heavy atom. The quantitative estimate of drug-likeness (QED) is 0.919. The van der Waals surface area contributed by atoms with Crippen LogP contribution in [0.1, 0.15) is 16.9 Å². The Morgan fingerprint density at radius 2 is 2.04 bits per heavy atom. The molecule has 0 bridgehead atoms. The number of ether oxygens (including phenoxy) is 1. The van der Waals surface area contributed by atoms with E-state index in [1.54, 1.807) is 18.3 Å². The molecular formula is C18H21N3O2. The molecule has 1 atom stereocenters. The lowest BCUT2D eigenvalue weighted by atomic mass is 10.2. The molecule has 120 valence electrons. The van der Waals surface area contributed by atoms with Gasteiger partial charge in [-0.05, 0) is 30.7 Å². The zero-order valence-corrected chi connectivity index (χ0v) is 13.0. The van der Waals surface area contributed by atoms with E-state index in [2.05, 4.69) is 27.3 Å². The maximum Gasteiger partial charge on any atom is 0.269 e. The number of pyridine rings is 1. The second-order valence-electron chi connectivity index (χ2n) is 5.53. The van der Waals surface area contributed by atoms with Crippen LogP contribution in [0.2, 0.25) is 0 Å². The Hall–Kier alpha value is -2.40. The van der Waals surface area contributed by atoms with Crippen molar-refractivity contribution in [3.05, 3.63) is 60.4 Å². The predicted octanol–water partition coefficient (Wildman–Crippen LogP) is 2.11. The molecule has 0 saturated carbocycles. The van der Waals surface area contributed by atoms with Crippen LogP contribution in [0.4, 0.5) is 5.69 Å². The second kappa shape index (κ2) is 7.74. The third-order valence-corrected chi connectivity index (χ3v) is 3.91. The zero-order chi connectivity index (χ0) is 15.9. The highest BCUT2D eigenvalue weighted by molar-refractivity contribution is 5.92. The molecule has 1 fully saturated rings. The first-order valence-electron chi connectivity index (χ1n) is 7.94. The molecule has 1 aromatic heterocycles. The molecule has 23 heavy (non-hydrogen) atoms. The van der Waals surface area contributed by atoms with Crippen molar-refractivity contribution in [2.45, 2.75) is 12.5 Å². The lowest BCUT2D eigenvalue weighted by Crippen LogP contribution is -2.43. The molecule has 0 spiro atoms. The molecule has 2 heterocycles. The SMILES string of the molecule is O=C(NCCC1CN(c2ccccc2)CCO1)c1ccccn1. The highest BCUT2D eigenvalue weighted by atomic mass is 16.5. The Labute approximate surface area is 136 Å². The molecule has 0 aliphatic carbocycles. The van der Waals surface area contributed by atoms with Gasteiger partial charge in [-0.1, -0.05) is 24.3 Å². The number of amides is 1. The van der Waals surface area contributed by atoms with Crippen molar-refractivity contribution in [2.24, 2.45) is 0 Å². The summed E-state index contributed by atoms with van der Waals surface area (Å²) < 4.78 is 5.81. The number of carbonyl (C=O) groups excluding carboxylic acids is 1. The number of nitrogens with one attached hydrogen (secondary N) is 1. The summed E-state index contributed by atoms with van der Waals surface area (Å²) in [7, 11) is 0. The highest BCUT2D eigenvalue weighted by Gasteiger charge is 2.20. The van der Waals surface area contributed by atoms with Gasteiger partial charge in [0.2, 0.25) is 0 Å². The summed E-state index contributed by atoms with van der Waals surface area (Å²) in [5.74, 6) is -0.138. The van der Waals surface area contributed by atoms with Crippen LogP contribution in [0.15, 0.2) is 54.7 Å². The van der Waals surface area contributed by atoms with Crippen LogP contribution >= 0.6 is 0 Å².